The first kappa shape index (κ1) is 16.7. The fraction of sp³-hybridized carbons (Fsp3) is 0.133. The SMILES string of the molecule is COC(=O)/C(=C/OCF)c1ccccc1Oc1cc(Cl)ncn1. The van der Waals surface area contributed by atoms with Gasteiger partial charge in [0.2, 0.25) is 12.7 Å². The molecule has 0 saturated heterocycles. The minimum absolute atomic E-state index is 0.000836. The fourth-order valence-corrected chi connectivity index (χ4v) is 1.85. The number of benzene rings is 1. The summed E-state index contributed by atoms with van der Waals surface area (Å²) in [6.07, 6.45) is 2.21. The summed E-state index contributed by atoms with van der Waals surface area (Å²) in [7, 11) is 1.21. The standard InChI is InChI=1S/C15H12ClFN2O4/c1-21-15(20)11(7-22-8-17)10-4-2-3-5-12(10)23-14-6-13(16)18-9-19-14/h2-7,9H,8H2,1H3/b11-7+. The number of methoxy groups -OCH3 is 1. The van der Waals surface area contributed by atoms with Crippen LogP contribution in [0.25, 0.3) is 5.57 Å². The van der Waals surface area contributed by atoms with Gasteiger partial charge in [-0.3, -0.25) is 0 Å². The van der Waals surface area contributed by atoms with Crippen molar-refractivity contribution in [2.75, 3.05) is 14.0 Å². The number of aromatic nitrogens is 2. The van der Waals surface area contributed by atoms with Crippen molar-refractivity contribution in [3.05, 3.63) is 53.6 Å². The Labute approximate surface area is 136 Å². The van der Waals surface area contributed by atoms with Gasteiger partial charge in [0.05, 0.1) is 7.11 Å². The molecule has 0 radical (unpaired) electrons. The lowest BCUT2D eigenvalue weighted by atomic mass is 10.1. The molecule has 1 aromatic carbocycles. The first-order valence-corrected chi connectivity index (χ1v) is 6.74. The number of esters is 1. The molecule has 0 unspecified atom stereocenters. The molecule has 0 aliphatic heterocycles. The summed E-state index contributed by atoms with van der Waals surface area (Å²) in [6.45, 7) is -1.08. The maximum Gasteiger partial charge on any atom is 0.341 e. The van der Waals surface area contributed by atoms with Crippen molar-refractivity contribution in [1.29, 1.82) is 0 Å². The second kappa shape index (κ2) is 8.09. The van der Waals surface area contributed by atoms with Gasteiger partial charge in [0, 0.05) is 11.6 Å². The average molecular weight is 339 g/mol. The molecule has 0 aliphatic carbocycles. The molecule has 120 valence electrons. The Kier molecular flexibility index (Phi) is 5.87. The average Bonchev–Trinajstić information content (AvgIpc) is 2.56. The van der Waals surface area contributed by atoms with Gasteiger partial charge in [0.15, 0.2) is 0 Å². The zero-order valence-corrected chi connectivity index (χ0v) is 12.8. The first-order chi connectivity index (χ1) is 11.2. The van der Waals surface area contributed by atoms with E-state index in [1.165, 1.54) is 19.5 Å². The number of nitrogens with zero attached hydrogens (tertiary/aromatic N) is 2. The zero-order chi connectivity index (χ0) is 16.7. The van der Waals surface area contributed by atoms with E-state index in [1.54, 1.807) is 24.3 Å². The Morgan fingerprint density at radius 1 is 1.35 bits per heavy atom. The second-order valence-corrected chi connectivity index (χ2v) is 4.46. The first-order valence-electron chi connectivity index (χ1n) is 6.36. The highest BCUT2D eigenvalue weighted by Crippen LogP contribution is 2.30. The molecule has 0 aliphatic rings. The third kappa shape index (κ3) is 4.40. The number of ether oxygens (including phenoxy) is 3. The number of halogens is 2. The summed E-state index contributed by atoms with van der Waals surface area (Å²) < 4.78 is 27.1. The normalized spacial score (nSPS) is 11.0. The van der Waals surface area contributed by atoms with Crippen molar-refractivity contribution in [3.8, 4) is 11.6 Å². The smallest absolute Gasteiger partial charge is 0.341 e. The minimum Gasteiger partial charge on any atom is -0.470 e. The van der Waals surface area contributed by atoms with E-state index in [2.05, 4.69) is 19.4 Å². The topological polar surface area (TPSA) is 70.5 Å². The van der Waals surface area contributed by atoms with Crippen LogP contribution < -0.4 is 4.74 Å². The summed E-state index contributed by atoms with van der Waals surface area (Å²) in [4.78, 5) is 19.5. The molecule has 0 spiro atoms. The van der Waals surface area contributed by atoms with E-state index in [0.29, 0.717) is 11.3 Å². The van der Waals surface area contributed by atoms with Crippen molar-refractivity contribution in [2.45, 2.75) is 0 Å². The van der Waals surface area contributed by atoms with Gasteiger partial charge >= 0.3 is 5.97 Å². The lowest BCUT2D eigenvalue weighted by molar-refractivity contribution is -0.133. The van der Waals surface area contributed by atoms with Crippen LogP contribution in [0.1, 0.15) is 5.56 Å². The van der Waals surface area contributed by atoms with Crippen molar-refractivity contribution in [1.82, 2.24) is 9.97 Å². The van der Waals surface area contributed by atoms with Crippen LogP contribution >= 0.6 is 11.6 Å². The molecule has 0 saturated carbocycles. The molecule has 1 heterocycles. The molecule has 0 fully saturated rings. The van der Waals surface area contributed by atoms with Gasteiger partial charge in [0.1, 0.15) is 29.1 Å². The molecule has 0 bridgehead atoms. The van der Waals surface area contributed by atoms with Crippen LogP contribution in [0.2, 0.25) is 5.15 Å². The Morgan fingerprint density at radius 3 is 2.83 bits per heavy atom. The maximum atomic E-state index is 12.2. The molecule has 2 rings (SSSR count). The number of carbonyl (C=O) groups is 1. The fourth-order valence-electron chi connectivity index (χ4n) is 1.71. The summed E-state index contributed by atoms with van der Waals surface area (Å²) in [5, 5.41) is 0.206. The summed E-state index contributed by atoms with van der Waals surface area (Å²) in [6, 6.07) is 8.01. The summed E-state index contributed by atoms with van der Waals surface area (Å²) in [5.41, 5.74) is 0.350. The third-order valence-electron chi connectivity index (χ3n) is 2.67. The van der Waals surface area contributed by atoms with Gasteiger partial charge in [-0.15, -0.1) is 0 Å². The summed E-state index contributed by atoms with van der Waals surface area (Å²) in [5.74, 6) is -0.218. The van der Waals surface area contributed by atoms with E-state index in [4.69, 9.17) is 16.3 Å². The number of hydrogen-bond donors (Lipinski definition) is 0. The molecular formula is C15H12ClFN2O4. The van der Waals surface area contributed by atoms with Crippen LogP contribution in [0.15, 0.2) is 42.9 Å². The lowest BCUT2D eigenvalue weighted by Gasteiger charge is -2.12. The highest BCUT2D eigenvalue weighted by Gasteiger charge is 2.18. The molecule has 2 aromatic rings. The van der Waals surface area contributed by atoms with Crippen molar-refractivity contribution in [3.63, 3.8) is 0 Å². The predicted molar refractivity (Wildman–Crippen MR) is 80.6 cm³/mol. The third-order valence-corrected chi connectivity index (χ3v) is 2.88. The number of rotatable bonds is 6. The van der Waals surface area contributed by atoms with E-state index in [1.807, 2.05) is 0 Å². The van der Waals surface area contributed by atoms with Crippen LogP contribution in [0.4, 0.5) is 4.39 Å². The monoisotopic (exact) mass is 338 g/mol. The van der Waals surface area contributed by atoms with E-state index in [9.17, 15) is 9.18 Å². The summed E-state index contributed by atoms with van der Waals surface area (Å²) >= 11 is 5.78. The van der Waals surface area contributed by atoms with E-state index < -0.39 is 12.8 Å². The molecule has 8 heteroatoms. The largest absolute Gasteiger partial charge is 0.470 e. The van der Waals surface area contributed by atoms with Crippen LogP contribution in [-0.4, -0.2) is 29.9 Å². The van der Waals surface area contributed by atoms with Crippen molar-refractivity contribution in [2.24, 2.45) is 0 Å². The molecule has 23 heavy (non-hydrogen) atoms. The molecule has 1 aromatic heterocycles. The highest BCUT2D eigenvalue weighted by atomic mass is 35.5. The number of alkyl halides is 1. The molecule has 0 amide bonds. The Bertz CT molecular complexity index is 724. The number of carbonyl (C=O) groups excluding carboxylic acids is 1. The van der Waals surface area contributed by atoms with Gasteiger partial charge in [-0.2, -0.15) is 0 Å². The van der Waals surface area contributed by atoms with Crippen molar-refractivity contribution >= 4 is 23.1 Å². The lowest BCUT2D eigenvalue weighted by Crippen LogP contribution is -2.06. The minimum atomic E-state index is -1.08. The van der Waals surface area contributed by atoms with E-state index in [0.717, 1.165) is 6.26 Å². The highest BCUT2D eigenvalue weighted by molar-refractivity contribution is 6.29. The molecular weight excluding hydrogens is 327 g/mol. The van der Waals surface area contributed by atoms with Gasteiger partial charge < -0.3 is 14.2 Å². The van der Waals surface area contributed by atoms with Crippen LogP contribution in [0, 0.1) is 0 Å². The predicted octanol–water partition coefficient (Wildman–Crippen LogP) is 3.38. The Hall–Kier alpha value is -2.67. The van der Waals surface area contributed by atoms with Crippen LogP contribution in [0.3, 0.4) is 0 Å². The second-order valence-electron chi connectivity index (χ2n) is 4.08. The van der Waals surface area contributed by atoms with Crippen LogP contribution in [0.5, 0.6) is 11.6 Å². The number of para-hydroxylation sites is 1. The Balaban J connectivity index is 2.40. The van der Waals surface area contributed by atoms with Gasteiger partial charge in [-0.25, -0.2) is 19.2 Å². The quantitative estimate of drug-likeness (QED) is 0.348. The van der Waals surface area contributed by atoms with Crippen LogP contribution in [-0.2, 0) is 14.3 Å². The van der Waals surface area contributed by atoms with Crippen molar-refractivity contribution < 1.29 is 23.4 Å². The van der Waals surface area contributed by atoms with E-state index >= 15 is 0 Å². The van der Waals surface area contributed by atoms with Gasteiger partial charge in [0.25, 0.3) is 0 Å². The van der Waals surface area contributed by atoms with Gasteiger partial charge in [-0.05, 0) is 6.07 Å². The van der Waals surface area contributed by atoms with E-state index in [-0.39, 0.29) is 16.6 Å². The molecule has 0 atom stereocenters. The molecule has 6 nitrogen and oxygen atoms in total. The zero-order valence-electron chi connectivity index (χ0n) is 12.0. The Morgan fingerprint density at radius 2 is 2.13 bits per heavy atom. The maximum absolute atomic E-state index is 12.2. The number of hydrogen-bond acceptors (Lipinski definition) is 6. The molecule has 0 N–H and O–H groups in total. The van der Waals surface area contributed by atoms with Gasteiger partial charge in [-0.1, -0.05) is 29.8 Å².